The zero-order valence-corrected chi connectivity index (χ0v) is 18.7. The first-order valence-electron chi connectivity index (χ1n) is 9.52. The lowest BCUT2D eigenvalue weighted by Gasteiger charge is -2.16. The SMILES string of the molecule is COC(=O)C(Cc1ccccc1)OC(=O)c1cc(Oc2ccc(Cl)cc2Cl)ccc1[N+](=O)[O-]. The van der Waals surface area contributed by atoms with Crippen molar-refractivity contribution in [2.45, 2.75) is 12.5 Å². The van der Waals surface area contributed by atoms with Crippen LogP contribution in [-0.4, -0.2) is 30.1 Å². The summed E-state index contributed by atoms with van der Waals surface area (Å²) in [7, 11) is 1.15. The number of nitro benzene ring substituents is 1. The van der Waals surface area contributed by atoms with E-state index < -0.39 is 34.2 Å². The minimum atomic E-state index is -1.31. The van der Waals surface area contributed by atoms with Crippen LogP contribution in [0, 0.1) is 10.1 Å². The maximum absolute atomic E-state index is 12.9. The number of nitrogens with zero attached hydrogens (tertiary/aromatic N) is 1. The van der Waals surface area contributed by atoms with Crippen LogP contribution in [0.3, 0.4) is 0 Å². The van der Waals surface area contributed by atoms with Gasteiger partial charge in [-0.3, -0.25) is 10.1 Å². The van der Waals surface area contributed by atoms with Gasteiger partial charge in [-0.2, -0.15) is 0 Å². The Morgan fingerprint density at radius 1 is 1.03 bits per heavy atom. The Hall–Kier alpha value is -3.62. The molecule has 0 saturated heterocycles. The van der Waals surface area contributed by atoms with E-state index in [1.54, 1.807) is 36.4 Å². The molecule has 1 atom stereocenters. The molecule has 33 heavy (non-hydrogen) atoms. The summed E-state index contributed by atoms with van der Waals surface area (Å²) < 4.78 is 15.7. The number of ether oxygens (including phenoxy) is 3. The zero-order chi connectivity index (χ0) is 24.0. The molecule has 0 bridgehead atoms. The molecule has 0 N–H and O–H groups in total. The Balaban J connectivity index is 1.89. The Kier molecular flexibility index (Phi) is 7.87. The number of carbonyl (C=O) groups excluding carboxylic acids is 2. The largest absolute Gasteiger partial charge is 0.466 e. The van der Waals surface area contributed by atoms with Crippen molar-refractivity contribution in [2.75, 3.05) is 7.11 Å². The standard InChI is InChI=1S/C23H17Cl2NO7/c1-31-23(28)21(11-14-5-3-2-4-6-14)33-22(27)17-13-16(8-9-19(17)26(29)30)32-20-10-7-15(24)12-18(20)25/h2-10,12-13,21H,11H2,1H3. The van der Waals surface area contributed by atoms with E-state index in [1.807, 2.05) is 0 Å². The smallest absolute Gasteiger partial charge is 0.347 e. The summed E-state index contributed by atoms with van der Waals surface area (Å²) in [4.78, 5) is 35.8. The molecule has 3 rings (SSSR count). The Labute approximate surface area is 198 Å². The van der Waals surface area contributed by atoms with Crippen LogP contribution in [0.1, 0.15) is 15.9 Å². The van der Waals surface area contributed by atoms with Crippen LogP contribution in [0.2, 0.25) is 10.0 Å². The predicted molar refractivity (Wildman–Crippen MR) is 121 cm³/mol. The second kappa shape index (κ2) is 10.8. The molecule has 0 aliphatic rings. The maximum atomic E-state index is 12.9. The maximum Gasteiger partial charge on any atom is 0.347 e. The molecule has 1 unspecified atom stereocenters. The molecule has 0 aromatic heterocycles. The summed E-state index contributed by atoms with van der Waals surface area (Å²) in [6, 6.07) is 16.9. The van der Waals surface area contributed by atoms with Crippen LogP contribution in [0.25, 0.3) is 0 Å². The number of benzene rings is 3. The molecule has 0 aliphatic heterocycles. The second-order valence-corrected chi connectivity index (χ2v) is 7.56. The molecule has 0 amide bonds. The molecule has 0 saturated carbocycles. The molecule has 170 valence electrons. The van der Waals surface area contributed by atoms with E-state index in [-0.39, 0.29) is 22.9 Å². The van der Waals surface area contributed by atoms with Gasteiger partial charge in [0.1, 0.15) is 17.1 Å². The fraction of sp³-hybridized carbons (Fsp3) is 0.130. The molecule has 8 nitrogen and oxygen atoms in total. The highest BCUT2D eigenvalue weighted by Crippen LogP contribution is 2.34. The van der Waals surface area contributed by atoms with Gasteiger partial charge in [-0.05, 0) is 29.8 Å². The van der Waals surface area contributed by atoms with Gasteiger partial charge in [0.15, 0.2) is 0 Å². The van der Waals surface area contributed by atoms with Crippen molar-refractivity contribution in [1.29, 1.82) is 0 Å². The summed E-state index contributed by atoms with van der Waals surface area (Å²) in [6.45, 7) is 0. The van der Waals surface area contributed by atoms with Crippen molar-refractivity contribution in [3.05, 3.63) is 98.0 Å². The molecule has 0 heterocycles. The summed E-state index contributed by atoms with van der Waals surface area (Å²) >= 11 is 12.0. The van der Waals surface area contributed by atoms with E-state index in [1.165, 1.54) is 18.2 Å². The van der Waals surface area contributed by atoms with Crippen LogP contribution >= 0.6 is 23.2 Å². The molecular formula is C23H17Cl2NO7. The number of methoxy groups -OCH3 is 1. The van der Waals surface area contributed by atoms with Gasteiger partial charge in [0.05, 0.1) is 17.1 Å². The lowest BCUT2D eigenvalue weighted by Crippen LogP contribution is -2.30. The van der Waals surface area contributed by atoms with E-state index in [2.05, 4.69) is 0 Å². The number of hydrogen-bond acceptors (Lipinski definition) is 7. The van der Waals surface area contributed by atoms with E-state index >= 15 is 0 Å². The predicted octanol–water partition coefficient (Wildman–Crippen LogP) is 5.64. The highest BCUT2D eigenvalue weighted by atomic mass is 35.5. The number of carbonyl (C=O) groups is 2. The Morgan fingerprint density at radius 3 is 2.39 bits per heavy atom. The van der Waals surface area contributed by atoms with Gasteiger partial charge in [-0.15, -0.1) is 0 Å². The van der Waals surface area contributed by atoms with E-state index in [0.717, 1.165) is 19.2 Å². The number of rotatable bonds is 8. The fourth-order valence-corrected chi connectivity index (χ4v) is 3.36. The van der Waals surface area contributed by atoms with Crippen molar-refractivity contribution in [3.8, 4) is 11.5 Å². The van der Waals surface area contributed by atoms with Crippen LogP contribution in [0.5, 0.6) is 11.5 Å². The van der Waals surface area contributed by atoms with Gasteiger partial charge < -0.3 is 14.2 Å². The van der Waals surface area contributed by atoms with Gasteiger partial charge in [-0.1, -0.05) is 53.5 Å². The average Bonchev–Trinajstić information content (AvgIpc) is 2.80. The highest BCUT2D eigenvalue weighted by Gasteiger charge is 2.29. The quantitative estimate of drug-likeness (QED) is 0.229. The third kappa shape index (κ3) is 6.21. The van der Waals surface area contributed by atoms with Crippen molar-refractivity contribution >= 4 is 40.8 Å². The summed E-state index contributed by atoms with van der Waals surface area (Å²) in [6.07, 6.45) is -1.27. The van der Waals surface area contributed by atoms with Gasteiger partial charge in [0.2, 0.25) is 6.10 Å². The highest BCUT2D eigenvalue weighted by molar-refractivity contribution is 6.35. The molecule has 3 aromatic carbocycles. The van der Waals surface area contributed by atoms with Crippen LogP contribution in [0.4, 0.5) is 5.69 Å². The van der Waals surface area contributed by atoms with Gasteiger partial charge in [0, 0.05) is 23.6 Å². The van der Waals surface area contributed by atoms with Crippen molar-refractivity contribution in [3.63, 3.8) is 0 Å². The molecule has 3 aromatic rings. The first-order valence-corrected chi connectivity index (χ1v) is 10.3. The van der Waals surface area contributed by atoms with Crippen LogP contribution < -0.4 is 4.74 Å². The minimum Gasteiger partial charge on any atom is -0.466 e. The van der Waals surface area contributed by atoms with Crippen molar-refractivity contribution < 1.29 is 28.7 Å². The minimum absolute atomic E-state index is 0.0314. The molecule has 10 heteroatoms. The first-order chi connectivity index (χ1) is 15.8. The lowest BCUT2D eigenvalue weighted by molar-refractivity contribution is -0.385. The van der Waals surface area contributed by atoms with Crippen molar-refractivity contribution in [1.82, 2.24) is 0 Å². The second-order valence-electron chi connectivity index (χ2n) is 6.72. The van der Waals surface area contributed by atoms with E-state index in [9.17, 15) is 19.7 Å². The molecular weight excluding hydrogens is 473 g/mol. The lowest BCUT2D eigenvalue weighted by atomic mass is 10.1. The fourth-order valence-electron chi connectivity index (χ4n) is 2.91. The topological polar surface area (TPSA) is 105 Å². The van der Waals surface area contributed by atoms with Crippen LogP contribution in [0.15, 0.2) is 66.7 Å². The Bertz CT molecular complexity index is 1180. The number of esters is 2. The molecule has 0 aliphatic carbocycles. The monoisotopic (exact) mass is 489 g/mol. The van der Waals surface area contributed by atoms with E-state index in [4.69, 9.17) is 37.4 Å². The first kappa shape index (κ1) is 24.0. The third-order valence-corrected chi connectivity index (χ3v) is 5.01. The summed E-state index contributed by atoms with van der Waals surface area (Å²) in [5, 5.41) is 12.1. The molecule has 0 spiro atoms. The average molecular weight is 490 g/mol. The van der Waals surface area contributed by atoms with Crippen LogP contribution in [-0.2, 0) is 20.7 Å². The van der Waals surface area contributed by atoms with E-state index in [0.29, 0.717) is 10.6 Å². The van der Waals surface area contributed by atoms with Crippen molar-refractivity contribution in [2.24, 2.45) is 0 Å². The normalized spacial score (nSPS) is 11.4. The summed E-state index contributed by atoms with van der Waals surface area (Å²) in [5.41, 5.74) is -0.202. The number of halogens is 2. The molecule has 0 fully saturated rings. The number of nitro groups is 1. The van der Waals surface area contributed by atoms with Gasteiger partial charge in [-0.25, -0.2) is 9.59 Å². The zero-order valence-electron chi connectivity index (χ0n) is 17.2. The molecule has 0 radical (unpaired) electrons. The van der Waals surface area contributed by atoms with Gasteiger partial charge in [0.25, 0.3) is 5.69 Å². The van der Waals surface area contributed by atoms with Gasteiger partial charge >= 0.3 is 11.9 Å². The Morgan fingerprint density at radius 2 is 1.76 bits per heavy atom. The summed E-state index contributed by atoms with van der Waals surface area (Å²) in [5.74, 6) is -1.56. The number of hydrogen-bond donors (Lipinski definition) is 0. The third-order valence-electron chi connectivity index (χ3n) is 4.48.